The highest BCUT2D eigenvalue weighted by molar-refractivity contribution is 7.97. The van der Waals surface area contributed by atoms with Crippen LogP contribution in [0.25, 0.3) is 33.4 Å². The Morgan fingerprint density at radius 3 is 2.43 bits per heavy atom. The minimum atomic E-state index is -0.641. The van der Waals surface area contributed by atoms with Crippen LogP contribution in [-0.4, -0.2) is 59.8 Å². The van der Waals surface area contributed by atoms with E-state index in [1.165, 1.54) is 6.07 Å². The number of nitrogens with zero attached hydrogens (tertiary/aromatic N) is 1. The number of halogens is 1. The number of benzene rings is 2. The van der Waals surface area contributed by atoms with E-state index in [4.69, 9.17) is 14.2 Å². The number of hydrogen-bond donors (Lipinski definition) is 3. The number of nitrogens with one attached hydrogen (secondary N) is 2. The minimum absolute atomic E-state index is 0.234. The maximum Gasteiger partial charge on any atom is 0.193 e. The molecular weight excluding hydrogens is 469 g/mol. The molecule has 2 saturated heterocycles. The van der Waals surface area contributed by atoms with E-state index in [0.29, 0.717) is 29.1 Å². The molecule has 2 aromatic carbocycles. The van der Waals surface area contributed by atoms with Crippen LogP contribution < -0.4 is 9.46 Å². The average Bonchev–Trinajstić information content (AvgIpc) is 3.56. The van der Waals surface area contributed by atoms with E-state index in [9.17, 15) is 9.50 Å². The molecule has 180 valence electrons. The average molecular weight is 494 g/mol. The molecule has 0 bridgehead atoms. The fourth-order valence-corrected chi connectivity index (χ4v) is 5.14. The van der Waals surface area contributed by atoms with E-state index in [2.05, 4.69) is 39.0 Å². The highest BCUT2D eigenvalue weighted by Crippen LogP contribution is 2.32. The number of aromatic nitrogens is 2. The van der Waals surface area contributed by atoms with Crippen molar-refractivity contribution in [2.45, 2.75) is 29.3 Å². The summed E-state index contributed by atoms with van der Waals surface area (Å²) >= 11 is 1.56. The van der Waals surface area contributed by atoms with Crippen LogP contribution in [0, 0.1) is 5.82 Å². The first-order chi connectivity index (χ1) is 17.1. The van der Waals surface area contributed by atoms with Gasteiger partial charge in [-0.15, -0.1) is 0 Å². The van der Waals surface area contributed by atoms with Crippen molar-refractivity contribution in [1.29, 1.82) is 0 Å². The first-order valence-corrected chi connectivity index (χ1v) is 12.2. The lowest BCUT2D eigenvalue weighted by Crippen LogP contribution is -2.34. The monoisotopic (exact) mass is 493 g/mol. The van der Waals surface area contributed by atoms with E-state index in [1.54, 1.807) is 18.0 Å². The van der Waals surface area contributed by atoms with E-state index >= 15 is 0 Å². The molecule has 4 heterocycles. The molecule has 0 spiro atoms. The van der Waals surface area contributed by atoms with Crippen LogP contribution in [0.2, 0.25) is 0 Å². The van der Waals surface area contributed by atoms with Crippen LogP contribution in [0.3, 0.4) is 0 Å². The van der Waals surface area contributed by atoms with Gasteiger partial charge >= 0.3 is 0 Å². The van der Waals surface area contributed by atoms with E-state index in [1.807, 2.05) is 31.3 Å². The third-order valence-corrected chi connectivity index (χ3v) is 7.07. The van der Waals surface area contributed by atoms with Gasteiger partial charge in [0, 0.05) is 22.6 Å². The Balaban J connectivity index is 1.22. The van der Waals surface area contributed by atoms with Crippen molar-refractivity contribution in [2.75, 3.05) is 20.3 Å². The van der Waals surface area contributed by atoms with E-state index in [0.717, 1.165) is 16.0 Å². The predicted molar refractivity (Wildman–Crippen MR) is 132 cm³/mol. The lowest BCUT2D eigenvalue weighted by Gasteiger charge is -2.16. The summed E-state index contributed by atoms with van der Waals surface area (Å²) in [5.74, 6) is 0.0390. The molecule has 2 aliphatic rings. The first kappa shape index (κ1) is 22.5. The highest BCUT2D eigenvalue weighted by Gasteiger charge is 2.48. The van der Waals surface area contributed by atoms with Gasteiger partial charge in [0.05, 0.1) is 24.2 Å². The fraction of sp³-hybridized carbons (Fsp3) is 0.269. The summed E-state index contributed by atoms with van der Waals surface area (Å²) in [6.45, 7) is 0.551. The van der Waals surface area contributed by atoms with Crippen molar-refractivity contribution >= 4 is 23.0 Å². The Hall–Kier alpha value is -2.95. The molecule has 3 N–H and O–H groups in total. The summed E-state index contributed by atoms with van der Waals surface area (Å²) in [5.41, 5.74) is 4.25. The highest BCUT2D eigenvalue weighted by atomic mass is 32.2. The number of aliphatic hydroxyl groups is 1. The standard InChI is InChI=1S/C26H24FN3O4S/c1-28-35-17-8-6-15(7-9-17)14-2-4-16(5-3-14)24-18(27)10-19-20(30-24)11-23(29-19)34-22-13-33-25-21(31)12-32-26(22)25/h2-11,21-22,25-26,28-29,31H,12-13H2,1H3/t21?,22?,25-,26-/m1/s1. The SMILES string of the molecule is CNSc1ccc(-c2ccc(-c3nc4cc(OC5CO[C@@H]6C(O)CO[C@H]56)[nH]c4cc3F)cc2)cc1. The van der Waals surface area contributed by atoms with Crippen molar-refractivity contribution in [2.24, 2.45) is 0 Å². The van der Waals surface area contributed by atoms with Gasteiger partial charge in [-0.2, -0.15) is 0 Å². The number of H-pyrrole nitrogens is 1. The molecule has 2 unspecified atom stereocenters. The molecule has 0 aliphatic carbocycles. The zero-order valence-corrected chi connectivity index (χ0v) is 19.7. The van der Waals surface area contributed by atoms with Gasteiger partial charge in [0.2, 0.25) is 0 Å². The fourth-order valence-electron chi connectivity index (χ4n) is 4.63. The number of rotatable bonds is 6. The van der Waals surface area contributed by atoms with Gasteiger partial charge in [-0.1, -0.05) is 36.4 Å². The topological polar surface area (TPSA) is 88.6 Å². The van der Waals surface area contributed by atoms with Crippen molar-refractivity contribution in [1.82, 2.24) is 14.7 Å². The summed E-state index contributed by atoms with van der Waals surface area (Å²) in [7, 11) is 1.89. The summed E-state index contributed by atoms with van der Waals surface area (Å²) in [5, 5.41) is 9.91. The van der Waals surface area contributed by atoms with Gasteiger partial charge in [0.25, 0.3) is 0 Å². The molecule has 0 amide bonds. The zero-order chi connectivity index (χ0) is 23.9. The minimum Gasteiger partial charge on any atom is -0.470 e. The molecule has 35 heavy (non-hydrogen) atoms. The summed E-state index contributed by atoms with van der Waals surface area (Å²) in [6, 6.07) is 19.1. The smallest absolute Gasteiger partial charge is 0.193 e. The Labute approximate surface area is 205 Å². The van der Waals surface area contributed by atoms with Gasteiger partial charge in [-0.3, -0.25) is 4.72 Å². The first-order valence-electron chi connectivity index (χ1n) is 11.4. The number of aromatic amines is 1. The predicted octanol–water partition coefficient (Wildman–Crippen LogP) is 4.17. The molecule has 2 aromatic heterocycles. The van der Waals surface area contributed by atoms with Gasteiger partial charge in [0.1, 0.15) is 24.0 Å². The van der Waals surface area contributed by atoms with E-state index < -0.39 is 11.9 Å². The van der Waals surface area contributed by atoms with Gasteiger partial charge in [0.15, 0.2) is 17.8 Å². The third kappa shape index (κ3) is 4.30. The second-order valence-electron chi connectivity index (χ2n) is 8.61. The molecular formula is C26H24FN3O4S. The molecule has 4 atom stereocenters. The zero-order valence-electron chi connectivity index (χ0n) is 18.9. The Morgan fingerprint density at radius 2 is 1.69 bits per heavy atom. The number of hydrogen-bond acceptors (Lipinski definition) is 7. The molecule has 2 aliphatic heterocycles. The quantitative estimate of drug-likeness (QED) is 0.348. The van der Waals surface area contributed by atoms with Crippen LogP contribution in [0.4, 0.5) is 4.39 Å². The van der Waals surface area contributed by atoms with Crippen molar-refractivity contribution < 1.29 is 23.7 Å². The maximum absolute atomic E-state index is 15.0. The Morgan fingerprint density at radius 1 is 1.00 bits per heavy atom. The molecule has 6 rings (SSSR count). The summed E-state index contributed by atoms with van der Waals surface area (Å²) in [6.07, 6.45) is -1.70. The van der Waals surface area contributed by atoms with Crippen molar-refractivity contribution in [3.8, 4) is 28.3 Å². The largest absolute Gasteiger partial charge is 0.470 e. The molecule has 0 radical (unpaired) electrons. The van der Waals surface area contributed by atoms with Crippen LogP contribution in [-0.2, 0) is 9.47 Å². The molecule has 0 saturated carbocycles. The van der Waals surface area contributed by atoms with Crippen LogP contribution >= 0.6 is 11.9 Å². The Bertz CT molecular complexity index is 1350. The molecule has 2 fully saturated rings. The van der Waals surface area contributed by atoms with Crippen LogP contribution in [0.15, 0.2) is 65.6 Å². The summed E-state index contributed by atoms with van der Waals surface area (Å²) < 4.78 is 35.3. The Kier molecular flexibility index (Phi) is 5.95. The normalized spacial score (nSPS) is 23.6. The molecule has 4 aromatic rings. The van der Waals surface area contributed by atoms with Gasteiger partial charge < -0.3 is 24.3 Å². The molecule has 7 nitrogen and oxygen atoms in total. The third-order valence-electron chi connectivity index (χ3n) is 6.36. The van der Waals surface area contributed by atoms with Gasteiger partial charge in [-0.25, -0.2) is 9.37 Å². The number of ether oxygens (including phenoxy) is 3. The lowest BCUT2D eigenvalue weighted by atomic mass is 10.0. The van der Waals surface area contributed by atoms with Crippen molar-refractivity contribution in [3.63, 3.8) is 0 Å². The molecule has 9 heteroatoms. The van der Waals surface area contributed by atoms with Crippen molar-refractivity contribution in [3.05, 3.63) is 66.5 Å². The second kappa shape index (κ2) is 9.25. The van der Waals surface area contributed by atoms with E-state index in [-0.39, 0.29) is 30.6 Å². The lowest BCUT2D eigenvalue weighted by molar-refractivity contribution is 0.00794. The van der Waals surface area contributed by atoms with Crippen LogP contribution in [0.1, 0.15) is 0 Å². The number of fused-ring (bicyclic) bond motifs is 2. The maximum atomic E-state index is 15.0. The number of aliphatic hydroxyl groups excluding tert-OH is 1. The van der Waals surface area contributed by atoms with Gasteiger partial charge in [-0.05, 0) is 42.3 Å². The summed E-state index contributed by atoms with van der Waals surface area (Å²) in [4.78, 5) is 8.76. The number of pyridine rings is 1. The van der Waals surface area contributed by atoms with Crippen LogP contribution in [0.5, 0.6) is 5.88 Å². The second-order valence-corrected chi connectivity index (χ2v) is 9.70.